The smallest absolute Gasteiger partial charge is 0.419 e. The van der Waals surface area contributed by atoms with Gasteiger partial charge in [0.15, 0.2) is 11.5 Å². The van der Waals surface area contributed by atoms with Crippen LogP contribution in [-0.4, -0.2) is 56.0 Å². The van der Waals surface area contributed by atoms with Crippen LogP contribution in [0.2, 0.25) is 0 Å². The molecule has 3 aromatic heterocycles. The van der Waals surface area contributed by atoms with Gasteiger partial charge in [-0.25, -0.2) is 19.7 Å². The van der Waals surface area contributed by atoms with Gasteiger partial charge in [-0.2, -0.15) is 18.3 Å². The van der Waals surface area contributed by atoms with Crippen molar-refractivity contribution in [2.24, 2.45) is 12.8 Å². The standard InChI is InChI=1S/C22H20F3N7O2/c1-11-17-13(9-31(2)30-17)6-16(18(11)34-21(33)22(23,24)25)20-27-7-12-5-15(8-28-19(12)29-20)32-4-3-14(26)10-32/h5-9,14H,3-4,10,26H2,1-2H3/t14-/m0/s1. The summed E-state index contributed by atoms with van der Waals surface area (Å²) >= 11 is 0. The summed E-state index contributed by atoms with van der Waals surface area (Å²) in [6.07, 6.45) is 0.652. The van der Waals surface area contributed by atoms with Crippen molar-refractivity contribution in [2.45, 2.75) is 25.6 Å². The lowest BCUT2D eigenvalue weighted by Crippen LogP contribution is -2.28. The average molecular weight is 471 g/mol. The first-order valence-corrected chi connectivity index (χ1v) is 10.5. The lowest BCUT2D eigenvalue weighted by atomic mass is 10.0. The number of ether oxygens (including phenoxy) is 1. The molecule has 0 radical (unpaired) electrons. The van der Waals surface area contributed by atoms with Crippen LogP contribution < -0.4 is 15.4 Å². The molecule has 4 aromatic rings. The third-order valence-electron chi connectivity index (χ3n) is 5.77. The van der Waals surface area contributed by atoms with Crippen molar-refractivity contribution in [1.29, 1.82) is 0 Å². The minimum Gasteiger partial charge on any atom is -0.419 e. The molecule has 0 bridgehead atoms. The monoisotopic (exact) mass is 471 g/mol. The summed E-state index contributed by atoms with van der Waals surface area (Å²) in [6.45, 7) is 3.08. The van der Waals surface area contributed by atoms with Gasteiger partial charge in [0.1, 0.15) is 5.75 Å². The molecule has 0 aliphatic carbocycles. The Labute approximate surface area is 191 Å². The van der Waals surface area contributed by atoms with E-state index in [2.05, 4.69) is 25.0 Å². The van der Waals surface area contributed by atoms with Gasteiger partial charge in [0.25, 0.3) is 0 Å². The van der Waals surface area contributed by atoms with E-state index in [9.17, 15) is 18.0 Å². The quantitative estimate of drug-likeness (QED) is 0.359. The molecule has 1 aromatic carbocycles. The van der Waals surface area contributed by atoms with Crippen LogP contribution in [0.3, 0.4) is 0 Å². The van der Waals surface area contributed by atoms with Crippen LogP contribution in [0, 0.1) is 6.92 Å². The summed E-state index contributed by atoms with van der Waals surface area (Å²) in [5.41, 5.74) is 8.04. The first-order chi connectivity index (χ1) is 16.1. The lowest BCUT2D eigenvalue weighted by Gasteiger charge is -2.18. The van der Waals surface area contributed by atoms with Gasteiger partial charge in [0, 0.05) is 54.9 Å². The highest BCUT2D eigenvalue weighted by atomic mass is 19.4. The van der Waals surface area contributed by atoms with Gasteiger partial charge >= 0.3 is 12.1 Å². The molecule has 2 N–H and O–H groups in total. The third kappa shape index (κ3) is 3.89. The number of aryl methyl sites for hydroxylation is 2. The molecule has 0 spiro atoms. The van der Waals surface area contributed by atoms with Crippen molar-refractivity contribution < 1.29 is 22.7 Å². The number of aromatic nitrogens is 5. The van der Waals surface area contributed by atoms with Crippen LogP contribution in [0.1, 0.15) is 12.0 Å². The van der Waals surface area contributed by atoms with Crippen LogP contribution >= 0.6 is 0 Å². The van der Waals surface area contributed by atoms with Gasteiger partial charge in [-0.15, -0.1) is 0 Å². The zero-order valence-electron chi connectivity index (χ0n) is 18.3. The number of esters is 1. The van der Waals surface area contributed by atoms with E-state index in [1.807, 2.05) is 6.07 Å². The Morgan fingerprint density at radius 2 is 2.00 bits per heavy atom. The summed E-state index contributed by atoms with van der Waals surface area (Å²) in [5, 5.41) is 5.56. The van der Waals surface area contributed by atoms with Crippen molar-refractivity contribution in [3.05, 3.63) is 36.3 Å². The van der Waals surface area contributed by atoms with E-state index in [0.717, 1.165) is 25.2 Å². The lowest BCUT2D eigenvalue weighted by molar-refractivity contribution is -0.189. The predicted octanol–water partition coefficient (Wildman–Crippen LogP) is 2.89. The van der Waals surface area contributed by atoms with Gasteiger partial charge in [-0.3, -0.25) is 4.68 Å². The third-order valence-corrected chi connectivity index (χ3v) is 5.77. The summed E-state index contributed by atoms with van der Waals surface area (Å²) in [6, 6.07) is 3.55. The first kappa shape index (κ1) is 22.0. The van der Waals surface area contributed by atoms with Gasteiger partial charge in [-0.05, 0) is 25.5 Å². The number of nitrogens with two attached hydrogens (primary N) is 1. The Morgan fingerprint density at radius 3 is 2.71 bits per heavy atom. The van der Waals surface area contributed by atoms with E-state index < -0.39 is 12.1 Å². The number of carbonyl (C=O) groups excluding carboxylic acids is 1. The minimum atomic E-state index is -5.16. The molecule has 1 aliphatic heterocycles. The molecule has 9 nitrogen and oxygen atoms in total. The fourth-order valence-corrected chi connectivity index (χ4v) is 4.12. The Morgan fingerprint density at radius 1 is 1.21 bits per heavy atom. The molecular formula is C22H20F3N7O2. The Balaban J connectivity index is 1.61. The zero-order valence-corrected chi connectivity index (χ0v) is 18.3. The van der Waals surface area contributed by atoms with Crippen molar-refractivity contribution in [2.75, 3.05) is 18.0 Å². The number of halogens is 3. The maximum atomic E-state index is 13.0. The van der Waals surface area contributed by atoms with E-state index in [0.29, 0.717) is 21.9 Å². The topological polar surface area (TPSA) is 112 Å². The second kappa shape index (κ2) is 7.90. The number of anilines is 1. The van der Waals surface area contributed by atoms with Crippen molar-refractivity contribution >= 4 is 33.6 Å². The molecule has 1 saturated heterocycles. The van der Waals surface area contributed by atoms with E-state index in [-0.39, 0.29) is 28.7 Å². The highest BCUT2D eigenvalue weighted by Crippen LogP contribution is 2.38. The van der Waals surface area contributed by atoms with Crippen molar-refractivity contribution in [3.8, 4) is 17.1 Å². The summed E-state index contributed by atoms with van der Waals surface area (Å²) < 4.78 is 45.2. The number of benzene rings is 1. The number of alkyl halides is 3. The van der Waals surface area contributed by atoms with Crippen LogP contribution in [0.5, 0.6) is 5.75 Å². The number of fused-ring (bicyclic) bond motifs is 2. The molecule has 1 atom stereocenters. The average Bonchev–Trinajstić information content (AvgIpc) is 3.39. The molecule has 5 rings (SSSR count). The maximum Gasteiger partial charge on any atom is 0.491 e. The number of hydrogen-bond donors (Lipinski definition) is 1. The zero-order chi connectivity index (χ0) is 24.2. The van der Waals surface area contributed by atoms with Gasteiger partial charge < -0.3 is 15.4 Å². The summed E-state index contributed by atoms with van der Waals surface area (Å²) in [5.74, 6) is -2.55. The highest BCUT2D eigenvalue weighted by molar-refractivity contribution is 5.93. The van der Waals surface area contributed by atoms with E-state index >= 15 is 0 Å². The summed E-state index contributed by atoms with van der Waals surface area (Å²) in [7, 11) is 1.68. The van der Waals surface area contributed by atoms with E-state index in [4.69, 9.17) is 10.5 Å². The van der Waals surface area contributed by atoms with Gasteiger partial charge in [0.05, 0.1) is 23.0 Å². The van der Waals surface area contributed by atoms with Gasteiger partial charge in [0.2, 0.25) is 0 Å². The Bertz CT molecular complexity index is 1430. The van der Waals surface area contributed by atoms with E-state index in [1.165, 1.54) is 11.6 Å². The summed E-state index contributed by atoms with van der Waals surface area (Å²) in [4.78, 5) is 27.0. The Kier molecular flexibility index (Phi) is 5.12. The van der Waals surface area contributed by atoms with Crippen molar-refractivity contribution in [3.63, 3.8) is 0 Å². The minimum absolute atomic E-state index is 0.0785. The molecule has 1 aliphatic rings. The largest absolute Gasteiger partial charge is 0.491 e. The molecule has 34 heavy (non-hydrogen) atoms. The molecule has 176 valence electrons. The van der Waals surface area contributed by atoms with Gasteiger partial charge in [-0.1, -0.05) is 0 Å². The number of pyridine rings is 1. The fourth-order valence-electron chi connectivity index (χ4n) is 4.12. The number of rotatable bonds is 3. The molecule has 4 heterocycles. The van der Waals surface area contributed by atoms with Crippen LogP contribution in [0.25, 0.3) is 33.3 Å². The second-order valence-corrected chi connectivity index (χ2v) is 8.30. The predicted molar refractivity (Wildman–Crippen MR) is 118 cm³/mol. The van der Waals surface area contributed by atoms with Crippen LogP contribution in [0.15, 0.2) is 30.7 Å². The molecular weight excluding hydrogens is 451 g/mol. The SMILES string of the molecule is Cc1c(OC(=O)C(F)(F)F)c(-c2ncc3cc(N4CC[C@H](N)C4)cnc3n2)cc2cn(C)nc12. The van der Waals surface area contributed by atoms with Crippen LogP contribution in [0.4, 0.5) is 18.9 Å². The van der Waals surface area contributed by atoms with Crippen LogP contribution in [-0.2, 0) is 11.8 Å². The molecule has 12 heteroatoms. The molecule has 0 amide bonds. The number of nitrogens with zero attached hydrogens (tertiary/aromatic N) is 6. The van der Waals surface area contributed by atoms with E-state index in [1.54, 1.807) is 31.7 Å². The van der Waals surface area contributed by atoms with Crippen molar-refractivity contribution in [1.82, 2.24) is 24.7 Å². The highest BCUT2D eigenvalue weighted by Gasteiger charge is 2.42. The Hall–Kier alpha value is -3.80. The maximum absolute atomic E-state index is 13.0. The number of carbonyl (C=O) groups is 1. The first-order valence-electron chi connectivity index (χ1n) is 10.5. The molecule has 1 fully saturated rings. The number of hydrogen-bond acceptors (Lipinski definition) is 8. The second-order valence-electron chi connectivity index (χ2n) is 8.30. The molecule has 0 saturated carbocycles. The molecule has 0 unspecified atom stereocenters. The fraction of sp³-hybridized carbons (Fsp3) is 0.318. The normalized spacial score (nSPS) is 16.5.